The van der Waals surface area contributed by atoms with Gasteiger partial charge in [0.05, 0.1) is 24.4 Å². The molecule has 0 aliphatic heterocycles. The Morgan fingerprint density at radius 2 is 1.75 bits per heavy atom. The normalized spacial score (nSPS) is 12.8. The van der Waals surface area contributed by atoms with Gasteiger partial charge in [-0.2, -0.15) is 0 Å². The zero-order chi connectivity index (χ0) is 23.7. The minimum Gasteiger partial charge on any atom is -0.389 e. The van der Waals surface area contributed by atoms with E-state index in [1.54, 1.807) is 12.1 Å². The Bertz CT molecular complexity index is 788. The second-order valence-electron chi connectivity index (χ2n) is 8.95. The SMILES string of the molecule is CCN(CC)c1onc(-c2ccc(F)cc2)c1CN(CCC(C)C)CC(O)COC(C)C. The lowest BCUT2D eigenvalue weighted by Gasteiger charge is -2.27. The van der Waals surface area contributed by atoms with Crippen molar-refractivity contribution in [3.05, 3.63) is 35.6 Å². The van der Waals surface area contributed by atoms with Crippen molar-refractivity contribution in [2.75, 3.05) is 37.7 Å². The molecule has 1 heterocycles. The molecule has 7 heteroatoms. The summed E-state index contributed by atoms with van der Waals surface area (Å²) in [5.74, 6) is 0.995. The van der Waals surface area contributed by atoms with Crippen LogP contribution in [0, 0.1) is 11.7 Å². The molecule has 0 radical (unpaired) electrons. The molecular weight excluding hydrogens is 409 g/mol. The zero-order valence-electron chi connectivity index (χ0n) is 20.5. The van der Waals surface area contributed by atoms with Crippen molar-refractivity contribution in [1.29, 1.82) is 0 Å². The first-order chi connectivity index (χ1) is 15.2. The summed E-state index contributed by atoms with van der Waals surface area (Å²) in [5, 5.41) is 15.0. The summed E-state index contributed by atoms with van der Waals surface area (Å²) in [7, 11) is 0. The zero-order valence-corrected chi connectivity index (χ0v) is 20.5. The highest BCUT2D eigenvalue weighted by molar-refractivity contribution is 5.68. The molecule has 0 aliphatic carbocycles. The van der Waals surface area contributed by atoms with Gasteiger partial charge in [0.15, 0.2) is 0 Å². The smallest absolute Gasteiger partial charge is 0.232 e. The van der Waals surface area contributed by atoms with Gasteiger partial charge in [-0.25, -0.2) is 4.39 Å². The molecule has 2 rings (SSSR count). The molecular formula is C25H40FN3O3. The van der Waals surface area contributed by atoms with Crippen LogP contribution in [-0.2, 0) is 11.3 Å². The van der Waals surface area contributed by atoms with E-state index in [-0.39, 0.29) is 11.9 Å². The second kappa shape index (κ2) is 12.9. The number of nitrogens with zero attached hydrogens (tertiary/aromatic N) is 3. The highest BCUT2D eigenvalue weighted by Crippen LogP contribution is 2.33. The van der Waals surface area contributed by atoms with Crippen LogP contribution >= 0.6 is 0 Å². The van der Waals surface area contributed by atoms with Crippen molar-refractivity contribution in [2.24, 2.45) is 5.92 Å². The molecule has 1 unspecified atom stereocenters. The van der Waals surface area contributed by atoms with E-state index in [1.807, 2.05) is 13.8 Å². The van der Waals surface area contributed by atoms with Crippen LogP contribution in [0.4, 0.5) is 10.3 Å². The third-order valence-corrected chi connectivity index (χ3v) is 5.43. The third-order valence-electron chi connectivity index (χ3n) is 5.43. The van der Waals surface area contributed by atoms with Crippen LogP contribution < -0.4 is 4.90 Å². The Kier molecular flexibility index (Phi) is 10.6. The van der Waals surface area contributed by atoms with Crippen molar-refractivity contribution in [3.8, 4) is 11.3 Å². The van der Waals surface area contributed by atoms with Gasteiger partial charge in [-0.15, -0.1) is 0 Å². The summed E-state index contributed by atoms with van der Waals surface area (Å²) in [6.45, 7) is 16.3. The van der Waals surface area contributed by atoms with Gasteiger partial charge in [0.2, 0.25) is 5.88 Å². The molecule has 2 aromatic rings. The summed E-state index contributed by atoms with van der Waals surface area (Å²) in [5.41, 5.74) is 2.49. The lowest BCUT2D eigenvalue weighted by atomic mass is 10.1. The Hall–Kier alpha value is -1.96. The van der Waals surface area contributed by atoms with Crippen molar-refractivity contribution < 1.29 is 18.8 Å². The van der Waals surface area contributed by atoms with E-state index >= 15 is 0 Å². The standard InChI is InChI=1S/C25H40FN3O3/c1-7-29(8-2)25-23(24(27-32-25)20-9-11-21(26)12-10-20)16-28(14-13-18(3)4)15-22(30)17-31-19(5)6/h9-12,18-19,22,30H,7-8,13-17H2,1-6H3. The molecule has 0 saturated carbocycles. The monoisotopic (exact) mass is 449 g/mol. The Labute approximate surface area is 192 Å². The number of anilines is 1. The molecule has 1 N–H and O–H groups in total. The van der Waals surface area contributed by atoms with E-state index < -0.39 is 6.10 Å². The van der Waals surface area contributed by atoms with E-state index in [4.69, 9.17) is 9.26 Å². The summed E-state index contributed by atoms with van der Waals surface area (Å²) >= 11 is 0. The number of aliphatic hydroxyl groups excluding tert-OH is 1. The molecule has 32 heavy (non-hydrogen) atoms. The number of hydrogen-bond donors (Lipinski definition) is 1. The molecule has 1 aromatic heterocycles. The molecule has 1 atom stereocenters. The average molecular weight is 450 g/mol. The molecule has 0 spiro atoms. The van der Waals surface area contributed by atoms with Gasteiger partial charge in [-0.3, -0.25) is 4.90 Å². The largest absolute Gasteiger partial charge is 0.389 e. The summed E-state index contributed by atoms with van der Waals surface area (Å²) in [6, 6.07) is 6.34. The molecule has 1 aromatic carbocycles. The maximum absolute atomic E-state index is 13.5. The van der Waals surface area contributed by atoms with Gasteiger partial charge in [0.25, 0.3) is 0 Å². The minimum absolute atomic E-state index is 0.0752. The number of ether oxygens (including phenoxy) is 1. The number of halogens is 1. The lowest BCUT2D eigenvalue weighted by Crippen LogP contribution is -2.36. The van der Waals surface area contributed by atoms with E-state index in [1.165, 1.54) is 12.1 Å². The fraction of sp³-hybridized carbons (Fsp3) is 0.640. The maximum Gasteiger partial charge on any atom is 0.232 e. The van der Waals surface area contributed by atoms with Crippen molar-refractivity contribution in [3.63, 3.8) is 0 Å². The number of rotatable bonds is 14. The molecule has 6 nitrogen and oxygen atoms in total. The van der Waals surface area contributed by atoms with E-state index in [9.17, 15) is 9.50 Å². The molecule has 0 aliphatic rings. The molecule has 0 fully saturated rings. The van der Waals surface area contributed by atoms with Gasteiger partial charge in [0.1, 0.15) is 11.5 Å². The fourth-order valence-electron chi connectivity index (χ4n) is 3.59. The first-order valence-corrected chi connectivity index (χ1v) is 11.8. The van der Waals surface area contributed by atoms with Crippen LogP contribution in [0.1, 0.15) is 53.5 Å². The quantitative estimate of drug-likeness (QED) is 0.440. The number of aliphatic hydroxyl groups is 1. The van der Waals surface area contributed by atoms with Crippen LogP contribution in [0.25, 0.3) is 11.3 Å². The minimum atomic E-state index is -0.587. The Morgan fingerprint density at radius 3 is 2.31 bits per heavy atom. The highest BCUT2D eigenvalue weighted by atomic mass is 19.1. The van der Waals surface area contributed by atoms with E-state index in [0.29, 0.717) is 25.6 Å². The average Bonchev–Trinajstić information content (AvgIpc) is 3.15. The Morgan fingerprint density at radius 1 is 1.09 bits per heavy atom. The topological polar surface area (TPSA) is 62.0 Å². The molecule has 0 amide bonds. The summed E-state index contributed by atoms with van der Waals surface area (Å²) < 4.78 is 24.9. The van der Waals surface area contributed by atoms with E-state index in [0.717, 1.165) is 48.8 Å². The third kappa shape index (κ3) is 7.87. The van der Waals surface area contributed by atoms with Crippen molar-refractivity contribution in [1.82, 2.24) is 10.1 Å². The maximum atomic E-state index is 13.5. The molecule has 180 valence electrons. The Balaban J connectivity index is 2.35. The van der Waals surface area contributed by atoms with Crippen LogP contribution in [0.15, 0.2) is 28.8 Å². The first kappa shape index (κ1) is 26.3. The fourth-order valence-corrected chi connectivity index (χ4v) is 3.59. The number of hydrogen-bond acceptors (Lipinski definition) is 6. The van der Waals surface area contributed by atoms with Gasteiger partial charge in [-0.05, 0) is 70.8 Å². The van der Waals surface area contributed by atoms with E-state index in [2.05, 4.69) is 42.7 Å². The number of benzene rings is 1. The van der Waals surface area contributed by atoms with Crippen molar-refractivity contribution >= 4 is 5.88 Å². The van der Waals surface area contributed by atoms with Gasteiger partial charge >= 0.3 is 0 Å². The predicted octanol–water partition coefficient (Wildman–Crippen LogP) is 4.96. The van der Waals surface area contributed by atoms with Crippen LogP contribution in [-0.4, -0.2) is 60.2 Å². The first-order valence-electron chi connectivity index (χ1n) is 11.8. The van der Waals surface area contributed by atoms with Gasteiger partial charge in [-0.1, -0.05) is 19.0 Å². The van der Waals surface area contributed by atoms with Crippen LogP contribution in [0.3, 0.4) is 0 Å². The van der Waals surface area contributed by atoms with Gasteiger partial charge < -0.3 is 19.3 Å². The highest BCUT2D eigenvalue weighted by Gasteiger charge is 2.24. The van der Waals surface area contributed by atoms with Crippen LogP contribution in [0.5, 0.6) is 0 Å². The van der Waals surface area contributed by atoms with Crippen molar-refractivity contribution in [2.45, 2.75) is 66.7 Å². The summed E-state index contributed by atoms with van der Waals surface area (Å²) in [4.78, 5) is 4.37. The lowest BCUT2D eigenvalue weighted by molar-refractivity contribution is -0.00996. The molecule has 0 bridgehead atoms. The summed E-state index contributed by atoms with van der Waals surface area (Å²) in [6.07, 6.45) is 0.497. The van der Waals surface area contributed by atoms with Gasteiger partial charge in [0, 0.05) is 31.7 Å². The van der Waals surface area contributed by atoms with Crippen LogP contribution in [0.2, 0.25) is 0 Å². The predicted molar refractivity (Wildman–Crippen MR) is 127 cm³/mol. The molecule has 0 saturated heterocycles. The second-order valence-corrected chi connectivity index (χ2v) is 8.95. The number of aromatic nitrogens is 1.